The molecule has 4 heterocycles. The molecular weight excluding hydrogens is 745 g/mol. The molecule has 0 saturated carbocycles. The van der Waals surface area contributed by atoms with Crippen LogP contribution < -0.4 is 4.74 Å². The van der Waals surface area contributed by atoms with Gasteiger partial charge in [-0.3, -0.25) is 4.57 Å². The molecule has 0 fully saturated rings. The van der Waals surface area contributed by atoms with E-state index in [1.165, 1.54) is 21.7 Å². The monoisotopic (exact) mass is 778 g/mol. The fraction of sp³-hybridized carbons (Fsp3) is 0. The zero-order chi connectivity index (χ0) is 40.0. The van der Waals surface area contributed by atoms with Crippen LogP contribution in [-0.2, 0) is 0 Å². The number of fused-ring (bicyclic) bond motifs is 9. The second-order valence-corrected chi connectivity index (χ2v) is 15.8. The smallest absolute Gasteiger partial charge is 0.235 e. The molecule has 5 nitrogen and oxygen atoms in total. The van der Waals surface area contributed by atoms with Crippen molar-refractivity contribution in [3.8, 4) is 67.9 Å². The average molecular weight is 779 g/mol. The van der Waals surface area contributed by atoms with Crippen molar-refractivity contribution in [2.24, 2.45) is 0 Å². The van der Waals surface area contributed by atoms with Gasteiger partial charge < -0.3 is 9.30 Å². The van der Waals surface area contributed by atoms with Crippen LogP contribution in [0.3, 0.4) is 0 Å². The first-order chi connectivity index (χ1) is 30.2. The van der Waals surface area contributed by atoms with Gasteiger partial charge in [0.15, 0.2) is 0 Å². The van der Waals surface area contributed by atoms with Crippen LogP contribution in [-0.4, -0.2) is 19.1 Å². The van der Waals surface area contributed by atoms with Crippen LogP contribution in [0.15, 0.2) is 206 Å². The first-order valence-electron chi connectivity index (χ1n) is 20.7. The average Bonchev–Trinajstić information content (AvgIpc) is 3.84. The Morgan fingerprint density at radius 1 is 0.328 bits per heavy atom. The third-order valence-electron chi connectivity index (χ3n) is 12.3. The molecule has 9 aromatic carbocycles. The largest absolute Gasteiger partial charge is 0.456 e. The standard InChI is InChI=1S/C56H34N4O/c1-4-15-35(16-5-1)46-33-47(36-17-6-2-7-18-36)58-56(57-46)60-48-25-12-10-21-40(48)44-31-37(27-29-49(44)60)38-28-30-50-45(32-38)54-43-24-14-23-42-41-22-11-13-26-52(41)61-53(55(42)43)34-51(54)59(50)39-19-8-3-9-20-39/h1-34H. The van der Waals surface area contributed by atoms with Gasteiger partial charge in [0.1, 0.15) is 11.5 Å². The molecule has 0 N–H and O–H groups in total. The Morgan fingerprint density at radius 2 is 0.902 bits per heavy atom. The lowest BCUT2D eigenvalue weighted by Gasteiger charge is -2.22. The Bertz CT molecular complexity index is 3660. The summed E-state index contributed by atoms with van der Waals surface area (Å²) in [5.74, 6) is 2.41. The summed E-state index contributed by atoms with van der Waals surface area (Å²) in [6, 6.07) is 73.0. The van der Waals surface area contributed by atoms with Gasteiger partial charge >= 0.3 is 0 Å². The molecule has 0 unspecified atom stereocenters. The fourth-order valence-electron chi connectivity index (χ4n) is 9.61. The van der Waals surface area contributed by atoms with Crippen molar-refractivity contribution >= 4 is 54.4 Å². The van der Waals surface area contributed by atoms with E-state index in [0.29, 0.717) is 5.95 Å². The minimum Gasteiger partial charge on any atom is -0.456 e. The van der Waals surface area contributed by atoms with Gasteiger partial charge in [0.25, 0.3) is 0 Å². The maximum absolute atomic E-state index is 6.68. The fourth-order valence-corrected chi connectivity index (χ4v) is 9.61. The molecule has 0 aliphatic carbocycles. The van der Waals surface area contributed by atoms with Gasteiger partial charge in [-0.05, 0) is 76.7 Å². The molecular formula is C56H34N4O. The van der Waals surface area contributed by atoms with Gasteiger partial charge in [-0.1, -0.05) is 146 Å². The first kappa shape index (κ1) is 33.7. The van der Waals surface area contributed by atoms with Crippen LogP contribution >= 0.6 is 0 Å². The SMILES string of the molecule is c1ccc(-c2cc(-c3ccccc3)nc(-n3c4ccccc4c4cc(-c5ccc6c(c5)c5c7cccc8c7c(cc5n6-c5ccccc5)Oc5ccccc5-8)ccc43)n2)cc1. The van der Waals surface area contributed by atoms with Gasteiger partial charge in [-0.25, -0.2) is 9.97 Å². The number of para-hydroxylation sites is 3. The zero-order valence-electron chi connectivity index (χ0n) is 32.8. The van der Waals surface area contributed by atoms with Crippen LogP contribution in [0.25, 0.3) is 111 Å². The van der Waals surface area contributed by atoms with Crippen LogP contribution in [0.1, 0.15) is 0 Å². The van der Waals surface area contributed by atoms with Crippen molar-refractivity contribution in [3.05, 3.63) is 206 Å². The Labute approximate surface area is 351 Å². The lowest BCUT2D eigenvalue weighted by atomic mass is 9.92. The van der Waals surface area contributed by atoms with Gasteiger partial charge in [-0.15, -0.1) is 0 Å². The summed E-state index contributed by atoms with van der Waals surface area (Å²) in [7, 11) is 0. The molecule has 0 bridgehead atoms. The van der Waals surface area contributed by atoms with Gasteiger partial charge in [0.2, 0.25) is 5.95 Å². The van der Waals surface area contributed by atoms with E-state index in [1.54, 1.807) is 0 Å². The molecule has 284 valence electrons. The van der Waals surface area contributed by atoms with Crippen LogP contribution in [0.2, 0.25) is 0 Å². The molecule has 1 aliphatic heterocycles. The Morgan fingerprint density at radius 3 is 1.64 bits per heavy atom. The number of aromatic nitrogens is 4. The molecule has 13 rings (SSSR count). The highest BCUT2D eigenvalue weighted by molar-refractivity contribution is 6.26. The van der Waals surface area contributed by atoms with Crippen molar-refractivity contribution in [2.45, 2.75) is 0 Å². The Kier molecular flexibility index (Phi) is 7.24. The van der Waals surface area contributed by atoms with Crippen molar-refractivity contribution in [2.75, 3.05) is 0 Å². The van der Waals surface area contributed by atoms with Crippen LogP contribution in [0.4, 0.5) is 0 Å². The highest BCUT2D eigenvalue weighted by atomic mass is 16.5. The first-order valence-corrected chi connectivity index (χ1v) is 20.7. The molecule has 0 atom stereocenters. The van der Waals surface area contributed by atoms with Gasteiger partial charge in [0.05, 0.1) is 33.5 Å². The second-order valence-electron chi connectivity index (χ2n) is 15.8. The number of nitrogens with zero attached hydrogens (tertiary/aromatic N) is 4. The number of hydrogen-bond acceptors (Lipinski definition) is 3. The summed E-state index contributed by atoms with van der Waals surface area (Å²) in [5, 5.41) is 7.04. The molecule has 0 radical (unpaired) electrons. The molecule has 1 aliphatic rings. The lowest BCUT2D eigenvalue weighted by Crippen LogP contribution is -2.03. The molecule has 61 heavy (non-hydrogen) atoms. The Hall–Kier alpha value is -8.28. The molecule has 0 spiro atoms. The minimum atomic E-state index is 0.639. The Balaban J connectivity index is 1.03. The van der Waals surface area contributed by atoms with Crippen molar-refractivity contribution in [3.63, 3.8) is 0 Å². The molecule has 0 saturated heterocycles. The topological polar surface area (TPSA) is 44.9 Å². The second kappa shape index (κ2) is 13.1. The van der Waals surface area contributed by atoms with E-state index < -0.39 is 0 Å². The summed E-state index contributed by atoms with van der Waals surface area (Å²) in [6.07, 6.45) is 0. The highest BCUT2D eigenvalue weighted by Crippen LogP contribution is 2.51. The summed E-state index contributed by atoms with van der Waals surface area (Å²) in [5.41, 5.74) is 13.9. The predicted octanol–water partition coefficient (Wildman–Crippen LogP) is 14.6. The van der Waals surface area contributed by atoms with E-state index >= 15 is 0 Å². The number of ether oxygens (including phenoxy) is 1. The molecule has 5 heteroatoms. The quantitative estimate of drug-likeness (QED) is 0.175. The van der Waals surface area contributed by atoms with E-state index in [9.17, 15) is 0 Å². The summed E-state index contributed by atoms with van der Waals surface area (Å²) < 4.78 is 11.3. The van der Waals surface area contributed by atoms with Crippen molar-refractivity contribution in [1.29, 1.82) is 0 Å². The number of rotatable bonds is 5. The third kappa shape index (κ3) is 5.14. The third-order valence-corrected chi connectivity index (χ3v) is 12.3. The van der Waals surface area contributed by atoms with E-state index in [2.05, 4.69) is 197 Å². The lowest BCUT2D eigenvalue weighted by molar-refractivity contribution is 0.487. The van der Waals surface area contributed by atoms with Crippen molar-refractivity contribution < 1.29 is 4.74 Å². The minimum absolute atomic E-state index is 0.639. The van der Waals surface area contributed by atoms with E-state index in [-0.39, 0.29) is 0 Å². The van der Waals surface area contributed by atoms with Gasteiger partial charge in [0, 0.05) is 55.4 Å². The molecule has 12 aromatic rings. The van der Waals surface area contributed by atoms with E-state index in [1.807, 2.05) is 18.2 Å². The maximum Gasteiger partial charge on any atom is 0.235 e. The normalized spacial score (nSPS) is 12.1. The summed E-state index contributed by atoms with van der Waals surface area (Å²) in [6.45, 7) is 0. The molecule has 3 aromatic heterocycles. The number of benzene rings is 9. The van der Waals surface area contributed by atoms with Crippen LogP contribution in [0, 0.1) is 0 Å². The highest BCUT2D eigenvalue weighted by Gasteiger charge is 2.25. The zero-order valence-corrected chi connectivity index (χ0v) is 32.8. The summed E-state index contributed by atoms with van der Waals surface area (Å²) >= 11 is 0. The molecule has 0 amide bonds. The predicted molar refractivity (Wildman–Crippen MR) is 250 cm³/mol. The number of hydrogen-bond donors (Lipinski definition) is 0. The van der Waals surface area contributed by atoms with Gasteiger partial charge in [-0.2, -0.15) is 0 Å². The summed E-state index contributed by atoms with van der Waals surface area (Å²) in [4.78, 5) is 10.5. The van der Waals surface area contributed by atoms with E-state index in [0.717, 1.165) is 94.6 Å². The maximum atomic E-state index is 6.68. The van der Waals surface area contributed by atoms with Crippen LogP contribution in [0.5, 0.6) is 11.5 Å². The van der Waals surface area contributed by atoms with E-state index in [4.69, 9.17) is 14.7 Å². The van der Waals surface area contributed by atoms with Crippen molar-refractivity contribution in [1.82, 2.24) is 19.1 Å².